The zero-order chi connectivity index (χ0) is 24.3. The lowest BCUT2D eigenvalue weighted by Crippen LogP contribution is -2.52. The number of thioether (sulfide) groups is 1. The molecule has 0 bridgehead atoms. The molecule has 0 aliphatic carbocycles. The van der Waals surface area contributed by atoms with Crippen LogP contribution in [0.5, 0.6) is 5.75 Å². The first-order valence-electron chi connectivity index (χ1n) is 10.2. The number of nitrogens with zero attached hydrogens (tertiary/aromatic N) is 1. The number of likely N-dealkylation sites (N-methyl/N-ethyl adjacent to an activating group) is 1. The van der Waals surface area contributed by atoms with Crippen molar-refractivity contribution < 1.29 is 34.6 Å². The van der Waals surface area contributed by atoms with E-state index in [0.717, 1.165) is 4.90 Å². The predicted octanol–water partition coefficient (Wildman–Crippen LogP) is 2.44. The van der Waals surface area contributed by atoms with Gasteiger partial charge >= 0.3 is 12.0 Å². The minimum Gasteiger partial charge on any atom is -0.508 e. The second-order valence-corrected chi connectivity index (χ2v) is 8.77. The lowest BCUT2D eigenvalue weighted by Gasteiger charge is -2.23. The quantitative estimate of drug-likeness (QED) is 0.177. The second-order valence-electron chi connectivity index (χ2n) is 7.67. The molecule has 0 aliphatic heterocycles. The van der Waals surface area contributed by atoms with Crippen LogP contribution in [0.15, 0.2) is 29.2 Å². The van der Waals surface area contributed by atoms with Crippen LogP contribution >= 0.6 is 11.8 Å². The monoisotopic (exact) mass is 469 g/mol. The van der Waals surface area contributed by atoms with Crippen LogP contribution in [-0.4, -0.2) is 63.1 Å². The summed E-state index contributed by atoms with van der Waals surface area (Å²) in [5.74, 6) is -2.57. The van der Waals surface area contributed by atoms with Gasteiger partial charge in [0.1, 0.15) is 11.8 Å². The summed E-state index contributed by atoms with van der Waals surface area (Å²) in [6, 6.07) is 4.03. The minimum absolute atomic E-state index is 0.0426. The number of phenols is 1. The molecule has 0 saturated heterocycles. The van der Waals surface area contributed by atoms with Gasteiger partial charge in [0.2, 0.25) is 5.91 Å². The topological polar surface area (TPSA) is 156 Å². The first-order chi connectivity index (χ1) is 15.0. The fraction of sp³-hybridized carbons (Fsp3) is 0.524. The second kappa shape index (κ2) is 13.6. The van der Waals surface area contributed by atoms with Crippen molar-refractivity contribution in [2.75, 3.05) is 12.8 Å². The van der Waals surface area contributed by atoms with E-state index < -0.39 is 35.8 Å². The van der Waals surface area contributed by atoms with E-state index in [1.54, 1.807) is 12.1 Å². The SMILES string of the molecule is CNC(=O)[C@H](CCC(=O)O)NC(=O)N(O)C(=O)[C@H](CCC(C)C)CSc1ccc(O)cc1. The van der Waals surface area contributed by atoms with Crippen LogP contribution in [0, 0.1) is 11.8 Å². The van der Waals surface area contributed by atoms with Crippen molar-refractivity contribution in [2.24, 2.45) is 11.8 Å². The van der Waals surface area contributed by atoms with Crippen LogP contribution in [0.25, 0.3) is 0 Å². The van der Waals surface area contributed by atoms with E-state index in [2.05, 4.69) is 10.6 Å². The Balaban J connectivity index is 2.85. The third kappa shape index (κ3) is 9.56. The summed E-state index contributed by atoms with van der Waals surface area (Å²) in [5.41, 5.74) is 0. The molecule has 1 rings (SSSR count). The van der Waals surface area contributed by atoms with Crippen molar-refractivity contribution in [3.05, 3.63) is 24.3 Å². The number of hydrogen-bond acceptors (Lipinski definition) is 7. The summed E-state index contributed by atoms with van der Waals surface area (Å²) in [4.78, 5) is 48.7. The molecule has 0 saturated carbocycles. The molecule has 0 heterocycles. The van der Waals surface area contributed by atoms with Gasteiger partial charge in [0, 0.05) is 24.1 Å². The Morgan fingerprint density at radius 2 is 1.69 bits per heavy atom. The van der Waals surface area contributed by atoms with Crippen LogP contribution in [-0.2, 0) is 14.4 Å². The Bertz CT molecular complexity index is 786. The Labute approximate surface area is 191 Å². The molecular formula is C21H31N3O7S. The third-order valence-corrected chi connectivity index (χ3v) is 5.81. The number of aliphatic carboxylic acids is 1. The average Bonchev–Trinajstić information content (AvgIpc) is 2.75. The molecule has 0 unspecified atom stereocenters. The molecule has 0 aliphatic rings. The molecule has 5 N–H and O–H groups in total. The van der Waals surface area contributed by atoms with Crippen molar-refractivity contribution >= 4 is 35.6 Å². The van der Waals surface area contributed by atoms with Crippen molar-refractivity contribution in [3.8, 4) is 5.75 Å². The summed E-state index contributed by atoms with van der Waals surface area (Å²) >= 11 is 1.35. The lowest BCUT2D eigenvalue weighted by atomic mass is 9.98. The Kier molecular flexibility index (Phi) is 11.6. The van der Waals surface area contributed by atoms with Gasteiger partial charge in [0.15, 0.2) is 0 Å². The number of carboxylic acids is 1. The zero-order valence-electron chi connectivity index (χ0n) is 18.4. The maximum Gasteiger partial charge on any atom is 0.349 e. The summed E-state index contributed by atoms with van der Waals surface area (Å²) in [5, 5.41) is 32.9. The molecule has 1 aromatic rings. The largest absolute Gasteiger partial charge is 0.508 e. The fourth-order valence-corrected chi connectivity index (χ4v) is 3.78. The van der Waals surface area contributed by atoms with Crippen molar-refractivity contribution in [1.29, 1.82) is 0 Å². The van der Waals surface area contributed by atoms with Gasteiger partial charge in [-0.1, -0.05) is 20.3 Å². The highest BCUT2D eigenvalue weighted by Gasteiger charge is 2.31. The van der Waals surface area contributed by atoms with Gasteiger partial charge in [-0.05, 0) is 43.0 Å². The van der Waals surface area contributed by atoms with Gasteiger partial charge in [-0.15, -0.1) is 16.8 Å². The molecule has 4 amide bonds. The number of aromatic hydroxyl groups is 1. The number of nitrogens with one attached hydrogen (secondary N) is 2. The molecular weight excluding hydrogens is 438 g/mol. The highest BCUT2D eigenvalue weighted by molar-refractivity contribution is 7.99. The summed E-state index contributed by atoms with van der Waals surface area (Å²) in [7, 11) is 1.33. The number of urea groups is 1. The zero-order valence-corrected chi connectivity index (χ0v) is 19.2. The maximum absolute atomic E-state index is 12.8. The molecule has 178 valence electrons. The number of hydroxylamine groups is 2. The Hall–Kier alpha value is -2.79. The maximum atomic E-state index is 12.8. The van der Waals surface area contributed by atoms with E-state index in [4.69, 9.17) is 5.11 Å². The highest BCUT2D eigenvalue weighted by Crippen LogP contribution is 2.26. The van der Waals surface area contributed by atoms with E-state index in [9.17, 15) is 29.5 Å². The Morgan fingerprint density at radius 3 is 2.22 bits per heavy atom. The molecule has 0 aromatic heterocycles. The number of carbonyl (C=O) groups is 4. The lowest BCUT2D eigenvalue weighted by molar-refractivity contribution is -0.157. The summed E-state index contributed by atoms with van der Waals surface area (Å²) in [6.07, 6.45) is 0.555. The van der Waals surface area contributed by atoms with Gasteiger partial charge in [-0.2, -0.15) is 0 Å². The molecule has 10 nitrogen and oxygen atoms in total. The number of hydrogen-bond donors (Lipinski definition) is 5. The number of amides is 4. The van der Waals surface area contributed by atoms with Crippen LogP contribution in [0.1, 0.15) is 39.5 Å². The van der Waals surface area contributed by atoms with Gasteiger partial charge in [-0.3, -0.25) is 19.6 Å². The van der Waals surface area contributed by atoms with Crippen LogP contribution in [0.3, 0.4) is 0 Å². The standard InChI is InChI=1S/C21H31N3O7S/c1-13(2)4-5-14(12-32-16-8-6-15(25)7-9-16)20(29)24(31)21(30)23-17(19(28)22-3)10-11-18(26)27/h6-9,13-14,17,25,31H,4-5,10-12H2,1-3H3,(H,22,28)(H,23,30)(H,26,27)/t14-,17+/m1/s1. The van der Waals surface area contributed by atoms with Gasteiger partial charge in [0.05, 0.1) is 5.92 Å². The van der Waals surface area contributed by atoms with Gasteiger partial charge in [-0.25, -0.2) is 4.79 Å². The van der Waals surface area contributed by atoms with Crippen LogP contribution < -0.4 is 10.6 Å². The number of phenolic OH excluding ortho intramolecular Hbond substituents is 1. The molecule has 1 aromatic carbocycles. The molecule has 2 atom stereocenters. The van der Waals surface area contributed by atoms with E-state index in [1.165, 1.54) is 30.9 Å². The van der Waals surface area contributed by atoms with Crippen molar-refractivity contribution in [2.45, 2.75) is 50.5 Å². The number of carbonyl (C=O) groups excluding carboxylic acids is 3. The number of carboxylic acid groups (broad SMARTS) is 1. The average molecular weight is 470 g/mol. The van der Waals surface area contributed by atoms with Crippen LogP contribution in [0.2, 0.25) is 0 Å². The molecule has 0 radical (unpaired) electrons. The van der Waals surface area contributed by atoms with E-state index in [1.807, 2.05) is 13.8 Å². The molecule has 11 heteroatoms. The third-order valence-electron chi connectivity index (χ3n) is 4.64. The first kappa shape index (κ1) is 27.2. The molecule has 0 spiro atoms. The molecule has 32 heavy (non-hydrogen) atoms. The predicted molar refractivity (Wildman–Crippen MR) is 118 cm³/mol. The van der Waals surface area contributed by atoms with Gasteiger partial charge < -0.3 is 20.8 Å². The van der Waals surface area contributed by atoms with E-state index in [0.29, 0.717) is 24.5 Å². The smallest absolute Gasteiger partial charge is 0.349 e. The van der Waals surface area contributed by atoms with Crippen molar-refractivity contribution in [3.63, 3.8) is 0 Å². The van der Waals surface area contributed by atoms with E-state index >= 15 is 0 Å². The van der Waals surface area contributed by atoms with Crippen molar-refractivity contribution in [1.82, 2.24) is 15.7 Å². The van der Waals surface area contributed by atoms with Gasteiger partial charge in [0.25, 0.3) is 5.91 Å². The number of rotatable bonds is 12. The Morgan fingerprint density at radius 1 is 1.06 bits per heavy atom. The molecule has 0 fully saturated rings. The highest BCUT2D eigenvalue weighted by atomic mass is 32.2. The first-order valence-corrected chi connectivity index (χ1v) is 11.2. The summed E-state index contributed by atoms with van der Waals surface area (Å²) < 4.78 is 0. The number of benzene rings is 1. The van der Waals surface area contributed by atoms with E-state index in [-0.39, 0.29) is 23.7 Å². The normalized spacial score (nSPS) is 12.7. The van der Waals surface area contributed by atoms with Crippen LogP contribution in [0.4, 0.5) is 4.79 Å². The fourth-order valence-electron chi connectivity index (χ4n) is 2.75. The summed E-state index contributed by atoms with van der Waals surface area (Å²) in [6.45, 7) is 3.99. The minimum atomic E-state index is -1.22. The number of imide groups is 1.